The van der Waals surface area contributed by atoms with E-state index in [-0.39, 0.29) is 0 Å². The Kier molecular flexibility index (Phi) is 3.91. The van der Waals surface area contributed by atoms with E-state index in [1.54, 1.807) is 11.3 Å². The van der Waals surface area contributed by atoms with E-state index in [0.717, 1.165) is 31.2 Å². The minimum atomic E-state index is 0.311. The Balaban J connectivity index is 1.44. The van der Waals surface area contributed by atoms with Gasteiger partial charge in [-0.25, -0.2) is 10.2 Å². The summed E-state index contributed by atoms with van der Waals surface area (Å²) < 4.78 is 1.27. The molecule has 2 aliphatic heterocycles. The number of fused-ring (bicyclic) bond motifs is 1. The predicted octanol–water partition coefficient (Wildman–Crippen LogP) is 4.40. The lowest BCUT2D eigenvalue weighted by Gasteiger charge is -2.42. The molecular formula is C18H22BN3S. The molecule has 0 saturated carbocycles. The number of benzene rings is 1. The molecule has 0 radical (unpaired) electrons. The van der Waals surface area contributed by atoms with Gasteiger partial charge in [0.05, 0.1) is 15.7 Å². The van der Waals surface area contributed by atoms with Gasteiger partial charge < -0.3 is 0 Å². The van der Waals surface area contributed by atoms with Crippen LogP contribution in [0.4, 0.5) is 0 Å². The predicted molar refractivity (Wildman–Crippen MR) is 96.9 cm³/mol. The zero-order chi connectivity index (χ0) is 15.9. The van der Waals surface area contributed by atoms with Gasteiger partial charge in [-0.15, -0.1) is 11.3 Å². The van der Waals surface area contributed by atoms with Crippen molar-refractivity contribution >= 4 is 28.3 Å². The third-order valence-corrected chi connectivity index (χ3v) is 6.94. The van der Waals surface area contributed by atoms with Gasteiger partial charge in [-0.05, 0) is 56.0 Å². The first-order chi connectivity index (χ1) is 11.2. The number of hydrogen-bond donors (Lipinski definition) is 0. The Hall–Kier alpha value is -1.38. The van der Waals surface area contributed by atoms with Crippen LogP contribution in [-0.4, -0.2) is 29.7 Å². The summed E-state index contributed by atoms with van der Waals surface area (Å²) >= 11 is 1.71. The van der Waals surface area contributed by atoms with Crippen LogP contribution in [0.2, 0.25) is 12.6 Å². The number of nitrogens with zero attached hydrogens (tertiary/aromatic N) is 3. The van der Waals surface area contributed by atoms with Gasteiger partial charge in [0.2, 0.25) is 0 Å². The maximum atomic E-state index is 9.17. The summed E-state index contributed by atoms with van der Waals surface area (Å²) in [6.07, 6.45) is 6.03. The van der Waals surface area contributed by atoms with Gasteiger partial charge in [-0.3, -0.25) is 4.90 Å². The fourth-order valence-corrected chi connectivity index (χ4v) is 5.16. The second-order valence-electron chi connectivity index (χ2n) is 7.36. The van der Waals surface area contributed by atoms with Crippen molar-refractivity contribution in [3.8, 4) is 5.97 Å². The minimum Gasteiger partial charge on any atom is -0.297 e. The molecule has 0 bridgehead atoms. The summed E-state index contributed by atoms with van der Waals surface area (Å²) in [6, 6.07) is 7.17. The van der Waals surface area contributed by atoms with Crippen LogP contribution >= 0.6 is 11.3 Å². The Bertz CT molecular complexity index is 742. The van der Waals surface area contributed by atoms with E-state index in [1.807, 2.05) is 5.51 Å². The fraction of sp³-hybridized carbons (Fsp3) is 0.556. The van der Waals surface area contributed by atoms with Crippen molar-refractivity contribution < 1.29 is 0 Å². The Labute approximate surface area is 142 Å². The highest BCUT2D eigenvalue weighted by atomic mass is 32.1. The first-order valence-electron chi connectivity index (χ1n) is 8.66. The summed E-state index contributed by atoms with van der Waals surface area (Å²) in [7, 11) is 0. The van der Waals surface area contributed by atoms with Gasteiger partial charge in [-0.2, -0.15) is 0 Å². The molecule has 1 unspecified atom stereocenters. The number of thiazole rings is 1. The highest BCUT2D eigenvalue weighted by Gasteiger charge is 2.43. The Morgan fingerprint density at radius 1 is 1.35 bits per heavy atom. The Morgan fingerprint density at radius 3 is 2.91 bits per heavy atom. The number of likely N-dealkylation sites (tertiary alicyclic amines) is 1. The van der Waals surface area contributed by atoms with Crippen molar-refractivity contribution in [2.75, 3.05) is 13.1 Å². The second-order valence-corrected chi connectivity index (χ2v) is 8.25. The number of hydrogen-bond acceptors (Lipinski definition) is 4. The Morgan fingerprint density at radius 2 is 2.17 bits per heavy atom. The van der Waals surface area contributed by atoms with Crippen molar-refractivity contribution in [3.05, 3.63) is 29.3 Å². The van der Waals surface area contributed by atoms with Gasteiger partial charge in [0.1, 0.15) is 0 Å². The maximum Gasteiger partial charge on any atom is 0.268 e. The smallest absolute Gasteiger partial charge is 0.268 e. The standard InChI is InChI=1S/C18H22BN3S/c1-14(15-2-3-17-16(10-15)21-13-23-17)22-8-5-18(6-9-22)4-7-19(11-18)12-20/h2-3,10,13-14H,4-9,11H2,1H3. The molecule has 5 heteroatoms. The van der Waals surface area contributed by atoms with Gasteiger partial charge >= 0.3 is 0 Å². The molecule has 0 N–H and O–H groups in total. The molecule has 23 heavy (non-hydrogen) atoms. The van der Waals surface area contributed by atoms with E-state index < -0.39 is 0 Å². The quantitative estimate of drug-likeness (QED) is 0.769. The molecule has 3 nitrogen and oxygen atoms in total. The summed E-state index contributed by atoms with van der Waals surface area (Å²) in [5.74, 6) is 2.49. The summed E-state index contributed by atoms with van der Waals surface area (Å²) in [5.41, 5.74) is 4.89. The topological polar surface area (TPSA) is 39.9 Å². The molecule has 0 aliphatic carbocycles. The van der Waals surface area contributed by atoms with Crippen LogP contribution in [0.15, 0.2) is 23.7 Å². The van der Waals surface area contributed by atoms with E-state index >= 15 is 0 Å². The molecule has 1 aromatic heterocycles. The first kappa shape index (κ1) is 15.2. The lowest BCUT2D eigenvalue weighted by Crippen LogP contribution is -2.40. The van der Waals surface area contributed by atoms with Crippen LogP contribution in [0, 0.1) is 16.6 Å². The van der Waals surface area contributed by atoms with Crippen LogP contribution in [0.1, 0.15) is 37.8 Å². The molecule has 1 atom stereocenters. The van der Waals surface area contributed by atoms with Crippen LogP contribution in [-0.2, 0) is 0 Å². The van der Waals surface area contributed by atoms with Gasteiger partial charge in [0, 0.05) is 12.0 Å². The zero-order valence-corrected chi connectivity index (χ0v) is 14.5. The third-order valence-electron chi connectivity index (χ3n) is 6.13. The summed E-state index contributed by atoms with van der Waals surface area (Å²) in [5, 5.41) is 9.17. The van der Waals surface area contributed by atoms with E-state index in [9.17, 15) is 5.26 Å². The minimum absolute atomic E-state index is 0.311. The molecule has 118 valence electrons. The number of piperidine rings is 1. The van der Waals surface area contributed by atoms with Gasteiger partial charge in [-0.1, -0.05) is 25.1 Å². The van der Waals surface area contributed by atoms with Crippen LogP contribution in [0.3, 0.4) is 0 Å². The highest BCUT2D eigenvalue weighted by Crippen LogP contribution is 2.47. The fourth-order valence-electron chi connectivity index (χ4n) is 4.50. The van der Waals surface area contributed by atoms with Crippen LogP contribution in [0.5, 0.6) is 0 Å². The highest BCUT2D eigenvalue weighted by molar-refractivity contribution is 7.16. The number of aromatic nitrogens is 1. The zero-order valence-electron chi connectivity index (χ0n) is 13.7. The molecule has 1 spiro atoms. The van der Waals surface area contributed by atoms with E-state index in [2.05, 4.69) is 41.0 Å². The maximum absolute atomic E-state index is 9.17. The van der Waals surface area contributed by atoms with Crippen LogP contribution < -0.4 is 0 Å². The monoisotopic (exact) mass is 323 g/mol. The lowest BCUT2D eigenvalue weighted by molar-refractivity contribution is 0.0914. The third kappa shape index (κ3) is 2.79. The molecule has 2 saturated heterocycles. The van der Waals surface area contributed by atoms with E-state index in [1.165, 1.54) is 29.5 Å². The normalized spacial score (nSPS) is 22.5. The SMILES string of the molecule is CC(c1ccc2scnc2c1)N1CCC2(CCB(C#N)C2)CC1. The molecule has 3 heterocycles. The van der Waals surface area contributed by atoms with Gasteiger partial charge in [0.15, 0.2) is 0 Å². The summed E-state index contributed by atoms with van der Waals surface area (Å²) in [4.78, 5) is 7.06. The van der Waals surface area contributed by atoms with Crippen molar-refractivity contribution in [1.82, 2.24) is 9.88 Å². The molecular weight excluding hydrogens is 301 g/mol. The van der Waals surface area contributed by atoms with Crippen molar-refractivity contribution in [1.29, 1.82) is 5.26 Å². The van der Waals surface area contributed by atoms with Crippen LogP contribution in [0.25, 0.3) is 10.2 Å². The lowest BCUT2D eigenvalue weighted by atomic mass is 9.48. The van der Waals surface area contributed by atoms with Gasteiger partial charge in [0.25, 0.3) is 6.71 Å². The van der Waals surface area contributed by atoms with Crippen molar-refractivity contribution in [2.45, 2.75) is 44.9 Å². The number of nitriles is 1. The average Bonchev–Trinajstić information content (AvgIpc) is 3.21. The number of rotatable bonds is 2. The molecule has 2 aromatic rings. The van der Waals surface area contributed by atoms with Crippen molar-refractivity contribution in [3.63, 3.8) is 0 Å². The first-order valence-corrected chi connectivity index (χ1v) is 9.54. The molecule has 0 amide bonds. The average molecular weight is 323 g/mol. The van der Waals surface area contributed by atoms with E-state index in [0.29, 0.717) is 18.2 Å². The second kappa shape index (κ2) is 5.92. The molecule has 2 aliphatic rings. The molecule has 2 fully saturated rings. The molecule has 1 aromatic carbocycles. The van der Waals surface area contributed by atoms with Crippen molar-refractivity contribution in [2.24, 2.45) is 5.41 Å². The van der Waals surface area contributed by atoms with E-state index in [4.69, 9.17) is 0 Å². The largest absolute Gasteiger partial charge is 0.297 e. The molecule has 4 rings (SSSR count). The summed E-state index contributed by atoms with van der Waals surface area (Å²) in [6.45, 7) is 4.95.